The molecule has 96 valence electrons. The highest BCUT2D eigenvalue weighted by atomic mass is 35.5. The van der Waals surface area contributed by atoms with Crippen molar-refractivity contribution >= 4 is 29.0 Å². The van der Waals surface area contributed by atoms with Crippen LogP contribution in [0.5, 0.6) is 0 Å². The molecule has 0 fully saturated rings. The van der Waals surface area contributed by atoms with Crippen molar-refractivity contribution in [3.63, 3.8) is 0 Å². The fourth-order valence-corrected chi connectivity index (χ4v) is 2.28. The molecule has 0 aliphatic heterocycles. The number of amides is 1. The molecule has 0 aliphatic carbocycles. The molecule has 2 N–H and O–H groups in total. The molecule has 4 nitrogen and oxygen atoms in total. The third kappa shape index (κ3) is 4.93. The minimum absolute atomic E-state index is 0.198. The fraction of sp³-hybridized carbons (Fsp3) is 0.545. The maximum absolute atomic E-state index is 11.5. The van der Waals surface area contributed by atoms with Gasteiger partial charge in [-0.3, -0.25) is 0 Å². The van der Waals surface area contributed by atoms with Crippen LogP contribution in [0.3, 0.4) is 0 Å². The van der Waals surface area contributed by atoms with Gasteiger partial charge in [-0.25, -0.2) is 4.79 Å². The van der Waals surface area contributed by atoms with Gasteiger partial charge in [-0.05, 0) is 32.9 Å². The van der Waals surface area contributed by atoms with E-state index in [-0.39, 0.29) is 6.61 Å². The Hall–Kier alpha value is -0.780. The Labute approximate surface area is 110 Å². The van der Waals surface area contributed by atoms with Crippen molar-refractivity contribution in [1.29, 1.82) is 0 Å². The lowest BCUT2D eigenvalue weighted by Crippen LogP contribution is -2.35. The molecule has 1 amide bonds. The highest BCUT2D eigenvalue weighted by molar-refractivity contribution is 7.16. The number of hydrogen-bond acceptors (Lipinski definition) is 4. The normalized spacial score (nSPS) is 13.2. The molecule has 6 heteroatoms. The van der Waals surface area contributed by atoms with Gasteiger partial charge in [-0.2, -0.15) is 0 Å². The first-order chi connectivity index (χ1) is 7.81. The summed E-state index contributed by atoms with van der Waals surface area (Å²) >= 11 is 7.11. The molecule has 0 bridgehead atoms. The number of carbonyl (C=O) groups is 1. The quantitative estimate of drug-likeness (QED) is 0.893. The van der Waals surface area contributed by atoms with Crippen molar-refractivity contribution in [2.45, 2.75) is 32.4 Å². The number of carbonyl (C=O) groups excluding carboxylic acids is 1. The molecule has 0 aliphatic rings. The van der Waals surface area contributed by atoms with E-state index in [0.717, 1.165) is 4.88 Å². The molecule has 1 heterocycles. The van der Waals surface area contributed by atoms with Gasteiger partial charge in [0.2, 0.25) is 0 Å². The van der Waals surface area contributed by atoms with E-state index < -0.39 is 17.7 Å². The predicted octanol–water partition coefficient (Wildman–Crippen LogP) is 2.96. The summed E-state index contributed by atoms with van der Waals surface area (Å²) in [6, 6.07) is 3.01. The van der Waals surface area contributed by atoms with Crippen LogP contribution in [-0.4, -0.2) is 23.4 Å². The van der Waals surface area contributed by atoms with Crippen LogP contribution in [-0.2, 0) is 4.74 Å². The molecular weight excluding hydrogens is 262 g/mol. The molecule has 0 spiro atoms. The fourth-order valence-electron chi connectivity index (χ4n) is 1.17. The lowest BCUT2D eigenvalue weighted by molar-refractivity contribution is 0.0483. The van der Waals surface area contributed by atoms with Crippen LogP contribution in [0, 0.1) is 0 Å². The Balaban J connectivity index is 2.62. The van der Waals surface area contributed by atoms with Crippen LogP contribution in [0.1, 0.15) is 31.7 Å². The molecule has 1 rings (SSSR count). The standard InChI is InChI=1S/C11H16ClNO3S/c1-11(2,3)16-10(15)13-7(6-14)8-4-5-9(12)17-8/h4-5,7,14H,6H2,1-3H3,(H,13,15)/t7-/m0/s1. The van der Waals surface area contributed by atoms with E-state index in [1.807, 2.05) is 0 Å². The molecule has 17 heavy (non-hydrogen) atoms. The van der Waals surface area contributed by atoms with Gasteiger partial charge >= 0.3 is 6.09 Å². The number of hydrogen-bond donors (Lipinski definition) is 2. The lowest BCUT2D eigenvalue weighted by atomic mass is 10.2. The zero-order chi connectivity index (χ0) is 13.1. The van der Waals surface area contributed by atoms with E-state index in [0.29, 0.717) is 4.34 Å². The van der Waals surface area contributed by atoms with Crippen LogP contribution in [0.4, 0.5) is 4.79 Å². The maximum Gasteiger partial charge on any atom is 0.408 e. The summed E-state index contributed by atoms with van der Waals surface area (Å²) in [5.41, 5.74) is -0.558. The first-order valence-corrected chi connectivity index (χ1v) is 6.37. The minimum atomic E-state index is -0.558. The molecule has 0 saturated carbocycles. The highest BCUT2D eigenvalue weighted by Crippen LogP contribution is 2.26. The average molecular weight is 278 g/mol. The molecule has 0 unspecified atom stereocenters. The van der Waals surface area contributed by atoms with Crippen LogP contribution in [0.2, 0.25) is 4.34 Å². The van der Waals surface area contributed by atoms with Crippen molar-refractivity contribution in [3.05, 3.63) is 21.3 Å². The number of aliphatic hydroxyl groups excluding tert-OH is 1. The third-order valence-electron chi connectivity index (χ3n) is 1.81. The molecular formula is C11H16ClNO3S. The van der Waals surface area contributed by atoms with E-state index >= 15 is 0 Å². The van der Waals surface area contributed by atoms with Gasteiger partial charge in [0.05, 0.1) is 17.0 Å². The molecule has 1 aromatic rings. The largest absolute Gasteiger partial charge is 0.444 e. The number of halogens is 1. The van der Waals surface area contributed by atoms with Crippen molar-refractivity contribution in [2.75, 3.05) is 6.61 Å². The topological polar surface area (TPSA) is 58.6 Å². The summed E-state index contributed by atoms with van der Waals surface area (Å²) in [6.07, 6.45) is -0.555. The van der Waals surface area contributed by atoms with Crippen LogP contribution in [0.15, 0.2) is 12.1 Å². The van der Waals surface area contributed by atoms with Crippen molar-refractivity contribution in [3.8, 4) is 0 Å². The predicted molar refractivity (Wildman–Crippen MR) is 68.5 cm³/mol. The summed E-state index contributed by atoms with van der Waals surface area (Å²) in [6.45, 7) is 5.14. The van der Waals surface area contributed by atoms with E-state index in [1.54, 1.807) is 32.9 Å². The SMILES string of the molecule is CC(C)(C)OC(=O)N[C@@H](CO)c1ccc(Cl)s1. The first-order valence-electron chi connectivity index (χ1n) is 5.17. The molecule has 1 atom stereocenters. The van der Waals surface area contributed by atoms with Gasteiger partial charge in [-0.1, -0.05) is 11.6 Å². The second-order valence-corrected chi connectivity index (χ2v) is 6.27. The Morgan fingerprint density at radius 3 is 2.65 bits per heavy atom. The summed E-state index contributed by atoms with van der Waals surface area (Å²) in [7, 11) is 0. The van der Waals surface area contributed by atoms with Gasteiger partial charge < -0.3 is 15.2 Å². The summed E-state index contributed by atoms with van der Waals surface area (Å²) in [4.78, 5) is 12.3. The Morgan fingerprint density at radius 2 is 2.24 bits per heavy atom. The second-order valence-electron chi connectivity index (χ2n) is 4.52. The summed E-state index contributed by atoms with van der Waals surface area (Å²) in [5, 5.41) is 11.8. The van der Waals surface area contributed by atoms with Gasteiger partial charge in [-0.15, -0.1) is 11.3 Å². The lowest BCUT2D eigenvalue weighted by Gasteiger charge is -2.22. The number of alkyl carbamates (subject to hydrolysis) is 1. The second kappa shape index (κ2) is 5.71. The minimum Gasteiger partial charge on any atom is -0.444 e. The Bertz CT molecular complexity index is 386. The third-order valence-corrected chi connectivity index (χ3v) is 3.16. The van der Waals surface area contributed by atoms with Crippen LogP contribution >= 0.6 is 22.9 Å². The van der Waals surface area contributed by atoms with Crippen LogP contribution < -0.4 is 5.32 Å². The smallest absolute Gasteiger partial charge is 0.408 e. The van der Waals surface area contributed by atoms with Gasteiger partial charge in [0.15, 0.2) is 0 Å². The zero-order valence-electron chi connectivity index (χ0n) is 9.99. The van der Waals surface area contributed by atoms with Gasteiger partial charge in [0.25, 0.3) is 0 Å². The molecule has 0 saturated heterocycles. The molecule has 0 aromatic carbocycles. The van der Waals surface area contributed by atoms with Crippen molar-refractivity contribution < 1.29 is 14.6 Å². The van der Waals surface area contributed by atoms with E-state index in [4.69, 9.17) is 16.3 Å². The van der Waals surface area contributed by atoms with E-state index in [9.17, 15) is 9.90 Å². The summed E-state index contributed by atoms with van der Waals surface area (Å²) in [5.74, 6) is 0. The number of ether oxygens (including phenoxy) is 1. The first kappa shape index (κ1) is 14.3. The van der Waals surface area contributed by atoms with E-state index in [1.165, 1.54) is 11.3 Å². The molecule has 1 aromatic heterocycles. The zero-order valence-corrected chi connectivity index (χ0v) is 11.6. The Morgan fingerprint density at radius 1 is 1.59 bits per heavy atom. The Kier molecular flexibility index (Phi) is 4.80. The maximum atomic E-state index is 11.5. The van der Waals surface area contributed by atoms with Gasteiger partial charge in [0.1, 0.15) is 5.60 Å². The average Bonchev–Trinajstić information content (AvgIpc) is 2.58. The number of nitrogens with one attached hydrogen (secondary N) is 1. The number of aliphatic hydroxyl groups is 1. The number of thiophene rings is 1. The van der Waals surface area contributed by atoms with Crippen molar-refractivity contribution in [1.82, 2.24) is 5.32 Å². The highest BCUT2D eigenvalue weighted by Gasteiger charge is 2.20. The molecule has 0 radical (unpaired) electrons. The van der Waals surface area contributed by atoms with E-state index in [2.05, 4.69) is 5.32 Å². The van der Waals surface area contributed by atoms with Crippen LogP contribution in [0.25, 0.3) is 0 Å². The number of rotatable bonds is 3. The summed E-state index contributed by atoms with van der Waals surface area (Å²) < 4.78 is 5.72. The van der Waals surface area contributed by atoms with Gasteiger partial charge in [0, 0.05) is 4.88 Å². The monoisotopic (exact) mass is 277 g/mol. The van der Waals surface area contributed by atoms with Crippen molar-refractivity contribution in [2.24, 2.45) is 0 Å².